The molecule has 0 unspecified atom stereocenters. The first-order valence-electron chi connectivity index (χ1n) is 6.28. The van der Waals surface area contributed by atoms with Gasteiger partial charge in [-0.2, -0.15) is 0 Å². The molecule has 1 heterocycles. The molecule has 1 amide bonds. The quantitative estimate of drug-likeness (QED) is 0.866. The second kappa shape index (κ2) is 5.57. The Morgan fingerprint density at radius 2 is 2.11 bits per heavy atom. The van der Waals surface area contributed by atoms with Gasteiger partial charge in [0.2, 0.25) is 0 Å². The normalized spacial score (nSPS) is 23.7. The molecule has 0 bridgehead atoms. The number of amides is 1. The lowest BCUT2D eigenvalue weighted by molar-refractivity contribution is 0.0923. The van der Waals surface area contributed by atoms with Gasteiger partial charge in [-0.1, -0.05) is 18.5 Å². The minimum atomic E-state index is -0.159. The Bertz CT molecular complexity index is 442. The number of pyridine rings is 1. The highest BCUT2D eigenvalue weighted by Gasteiger charge is 2.21. The first-order chi connectivity index (χ1) is 8.56. The molecule has 0 saturated heterocycles. The number of hydrogen-bond acceptors (Lipinski definition) is 3. The summed E-state index contributed by atoms with van der Waals surface area (Å²) in [5.74, 6) is 0.911. The average Bonchev–Trinajstić information content (AvgIpc) is 2.35. The molecule has 4 nitrogen and oxygen atoms in total. The van der Waals surface area contributed by atoms with Crippen molar-refractivity contribution in [1.29, 1.82) is 0 Å². The van der Waals surface area contributed by atoms with E-state index < -0.39 is 0 Å². The van der Waals surface area contributed by atoms with E-state index in [0.29, 0.717) is 16.4 Å². The number of carbonyl (C=O) groups excluding carboxylic acids is 1. The van der Waals surface area contributed by atoms with Gasteiger partial charge in [0.1, 0.15) is 5.82 Å². The highest BCUT2D eigenvalue weighted by molar-refractivity contribution is 6.33. The summed E-state index contributed by atoms with van der Waals surface area (Å²) in [6, 6.07) is 1.77. The lowest BCUT2D eigenvalue weighted by Gasteiger charge is -2.27. The van der Waals surface area contributed by atoms with Crippen LogP contribution in [0.5, 0.6) is 0 Å². The number of aromatic nitrogens is 1. The van der Waals surface area contributed by atoms with Crippen LogP contribution in [-0.4, -0.2) is 16.9 Å². The smallest absolute Gasteiger partial charge is 0.253 e. The summed E-state index contributed by atoms with van der Waals surface area (Å²) in [5, 5.41) is 3.36. The number of nitrogen functional groups attached to an aromatic ring is 1. The number of nitrogens with two attached hydrogens (primary N) is 1. The van der Waals surface area contributed by atoms with Crippen LogP contribution in [0.4, 0.5) is 5.82 Å². The zero-order valence-electron chi connectivity index (χ0n) is 10.4. The Kier molecular flexibility index (Phi) is 4.07. The number of rotatable bonds is 2. The second-order valence-corrected chi connectivity index (χ2v) is 5.43. The number of nitrogens with zero attached hydrogens (tertiary/aromatic N) is 1. The predicted molar refractivity (Wildman–Crippen MR) is 72.5 cm³/mol. The number of anilines is 1. The molecule has 1 fully saturated rings. The van der Waals surface area contributed by atoms with Crippen LogP contribution >= 0.6 is 11.6 Å². The Balaban J connectivity index is 2.01. The molecule has 18 heavy (non-hydrogen) atoms. The van der Waals surface area contributed by atoms with Crippen LogP contribution in [0.3, 0.4) is 0 Å². The molecule has 1 saturated carbocycles. The summed E-state index contributed by atoms with van der Waals surface area (Å²) in [6.45, 7) is 2.25. The van der Waals surface area contributed by atoms with Gasteiger partial charge in [0, 0.05) is 12.2 Å². The van der Waals surface area contributed by atoms with E-state index in [1.807, 2.05) is 0 Å². The number of hydrogen-bond donors (Lipinski definition) is 2. The van der Waals surface area contributed by atoms with Crippen LogP contribution in [0.15, 0.2) is 12.3 Å². The van der Waals surface area contributed by atoms with Crippen LogP contribution in [0.25, 0.3) is 0 Å². The monoisotopic (exact) mass is 267 g/mol. The molecule has 0 spiro atoms. The van der Waals surface area contributed by atoms with Gasteiger partial charge in [0.05, 0.1) is 10.6 Å². The lowest BCUT2D eigenvalue weighted by Crippen LogP contribution is -2.37. The van der Waals surface area contributed by atoms with Crippen molar-refractivity contribution in [2.24, 2.45) is 5.92 Å². The van der Waals surface area contributed by atoms with Gasteiger partial charge in [0.15, 0.2) is 0 Å². The van der Waals surface area contributed by atoms with Crippen molar-refractivity contribution < 1.29 is 4.79 Å². The van der Waals surface area contributed by atoms with Crippen molar-refractivity contribution >= 4 is 23.3 Å². The lowest BCUT2D eigenvalue weighted by atomic mass is 9.87. The van der Waals surface area contributed by atoms with E-state index in [-0.39, 0.29) is 11.9 Å². The van der Waals surface area contributed by atoms with Gasteiger partial charge in [-0.15, -0.1) is 0 Å². The summed E-state index contributed by atoms with van der Waals surface area (Å²) < 4.78 is 0. The third-order valence-corrected chi connectivity index (χ3v) is 3.77. The topological polar surface area (TPSA) is 68.0 Å². The zero-order chi connectivity index (χ0) is 13.1. The Morgan fingerprint density at radius 3 is 2.78 bits per heavy atom. The van der Waals surface area contributed by atoms with Gasteiger partial charge < -0.3 is 11.1 Å². The highest BCUT2D eigenvalue weighted by Crippen LogP contribution is 2.24. The van der Waals surface area contributed by atoms with E-state index in [9.17, 15) is 4.79 Å². The van der Waals surface area contributed by atoms with Gasteiger partial charge in [-0.05, 0) is 37.7 Å². The molecule has 1 aromatic rings. The van der Waals surface area contributed by atoms with Gasteiger partial charge in [-0.3, -0.25) is 4.79 Å². The molecule has 1 aliphatic carbocycles. The van der Waals surface area contributed by atoms with E-state index in [1.54, 1.807) is 0 Å². The maximum absolute atomic E-state index is 12.1. The minimum absolute atomic E-state index is 0.159. The maximum atomic E-state index is 12.1. The third kappa shape index (κ3) is 3.13. The standard InChI is InChI=1S/C13H18ClN3O/c1-8-2-4-9(5-3-8)17-13(18)10-6-12(15)16-7-11(10)14/h6-9H,2-5H2,1H3,(H2,15,16)(H,17,18). The highest BCUT2D eigenvalue weighted by atomic mass is 35.5. The Hall–Kier alpha value is -1.29. The molecule has 0 atom stereocenters. The first kappa shape index (κ1) is 13.1. The van der Waals surface area contributed by atoms with Crippen molar-refractivity contribution in [3.63, 3.8) is 0 Å². The summed E-state index contributed by atoms with van der Waals surface area (Å²) in [6.07, 6.45) is 5.80. The Morgan fingerprint density at radius 1 is 1.44 bits per heavy atom. The van der Waals surface area contributed by atoms with Crippen molar-refractivity contribution in [2.45, 2.75) is 38.6 Å². The molecule has 0 radical (unpaired) electrons. The van der Waals surface area contributed by atoms with Crippen LogP contribution in [0, 0.1) is 5.92 Å². The van der Waals surface area contributed by atoms with Crippen LogP contribution in [0.2, 0.25) is 5.02 Å². The van der Waals surface area contributed by atoms with E-state index in [4.69, 9.17) is 17.3 Å². The fraction of sp³-hybridized carbons (Fsp3) is 0.538. The number of carbonyl (C=O) groups is 1. The van der Waals surface area contributed by atoms with Crippen molar-refractivity contribution in [3.8, 4) is 0 Å². The van der Waals surface area contributed by atoms with E-state index in [2.05, 4.69) is 17.2 Å². The van der Waals surface area contributed by atoms with Gasteiger partial charge in [-0.25, -0.2) is 4.98 Å². The molecule has 1 aliphatic rings. The van der Waals surface area contributed by atoms with Crippen LogP contribution in [0.1, 0.15) is 43.0 Å². The van der Waals surface area contributed by atoms with Gasteiger partial charge in [0.25, 0.3) is 5.91 Å². The van der Waals surface area contributed by atoms with Crippen molar-refractivity contribution in [1.82, 2.24) is 10.3 Å². The molecule has 5 heteroatoms. The number of halogens is 1. The first-order valence-corrected chi connectivity index (χ1v) is 6.66. The largest absolute Gasteiger partial charge is 0.384 e. The second-order valence-electron chi connectivity index (χ2n) is 5.02. The number of nitrogens with one attached hydrogen (secondary N) is 1. The van der Waals surface area contributed by atoms with Crippen molar-refractivity contribution in [2.75, 3.05) is 5.73 Å². The molecule has 2 rings (SSSR count). The molecule has 1 aromatic heterocycles. The SMILES string of the molecule is CC1CCC(NC(=O)c2cc(N)ncc2Cl)CC1. The van der Waals surface area contributed by atoms with Crippen LogP contribution < -0.4 is 11.1 Å². The average molecular weight is 268 g/mol. The van der Waals surface area contributed by atoms with E-state index >= 15 is 0 Å². The summed E-state index contributed by atoms with van der Waals surface area (Å²) >= 11 is 5.95. The maximum Gasteiger partial charge on any atom is 0.253 e. The fourth-order valence-corrected chi connectivity index (χ4v) is 2.49. The zero-order valence-corrected chi connectivity index (χ0v) is 11.2. The van der Waals surface area contributed by atoms with E-state index in [1.165, 1.54) is 12.3 Å². The van der Waals surface area contributed by atoms with Crippen LogP contribution in [-0.2, 0) is 0 Å². The molecule has 3 N–H and O–H groups in total. The molecule has 0 aromatic carbocycles. The molecular weight excluding hydrogens is 250 g/mol. The molecule has 0 aliphatic heterocycles. The third-order valence-electron chi connectivity index (χ3n) is 3.47. The predicted octanol–water partition coefficient (Wildman–Crippen LogP) is 2.63. The molecular formula is C13H18ClN3O. The summed E-state index contributed by atoms with van der Waals surface area (Å²) in [5.41, 5.74) is 5.97. The minimum Gasteiger partial charge on any atom is -0.384 e. The van der Waals surface area contributed by atoms with E-state index in [0.717, 1.165) is 31.6 Å². The summed E-state index contributed by atoms with van der Waals surface area (Å²) in [7, 11) is 0. The van der Waals surface area contributed by atoms with Gasteiger partial charge >= 0.3 is 0 Å². The fourth-order valence-electron chi connectivity index (χ4n) is 2.30. The Labute approximate surface area is 112 Å². The van der Waals surface area contributed by atoms with Crippen molar-refractivity contribution in [3.05, 3.63) is 22.8 Å². The molecule has 98 valence electrons. The summed E-state index contributed by atoms with van der Waals surface area (Å²) in [4.78, 5) is 15.9.